The highest BCUT2D eigenvalue weighted by Crippen LogP contribution is 2.21. The molecule has 0 N–H and O–H groups in total. The molecule has 2 heterocycles. The highest BCUT2D eigenvalue weighted by Gasteiger charge is 2.28. The van der Waals surface area contributed by atoms with E-state index in [1.165, 1.54) is 0 Å². The summed E-state index contributed by atoms with van der Waals surface area (Å²) in [4.78, 5) is 13.0. The maximum Gasteiger partial charge on any atom is 0.218 e. The fourth-order valence-electron chi connectivity index (χ4n) is 3.01. The lowest BCUT2D eigenvalue weighted by molar-refractivity contribution is 0.383. The normalized spacial score (nSPS) is 15.8. The van der Waals surface area contributed by atoms with Gasteiger partial charge in [-0.2, -0.15) is 4.31 Å². The minimum Gasteiger partial charge on any atom is -0.363 e. The first-order valence-electron chi connectivity index (χ1n) is 8.75. The van der Waals surface area contributed by atoms with Gasteiger partial charge in [-0.15, -0.1) is 0 Å². The molecular weight excluding hydrogens is 386 g/mol. The van der Waals surface area contributed by atoms with E-state index in [0.29, 0.717) is 37.0 Å². The predicted molar refractivity (Wildman–Crippen MR) is 109 cm³/mol. The predicted octanol–water partition coefficient (Wildman–Crippen LogP) is 2.16. The molecule has 0 aliphatic carbocycles. The van der Waals surface area contributed by atoms with Crippen LogP contribution in [-0.2, 0) is 15.8 Å². The van der Waals surface area contributed by atoms with E-state index in [4.69, 9.17) is 11.6 Å². The highest BCUT2D eigenvalue weighted by atomic mass is 35.5. The molecule has 9 heteroatoms. The van der Waals surface area contributed by atoms with Crippen molar-refractivity contribution in [1.82, 2.24) is 14.3 Å². The lowest BCUT2D eigenvalue weighted by Gasteiger charge is -2.35. The Labute approximate surface area is 165 Å². The second-order valence-corrected chi connectivity index (χ2v) is 9.20. The number of hydrogen-bond acceptors (Lipinski definition) is 6. The van der Waals surface area contributed by atoms with Crippen molar-refractivity contribution >= 4 is 33.3 Å². The molecule has 0 bridgehead atoms. The first-order valence-corrected chi connectivity index (χ1v) is 10.7. The molecule has 1 aliphatic rings. The third-order valence-corrected chi connectivity index (χ3v) is 6.59. The first-order chi connectivity index (χ1) is 12.7. The summed E-state index contributed by atoms with van der Waals surface area (Å²) in [5.41, 5.74) is 0.740. The van der Waals surface area contributed by atoms with E-state index >= 15 is 0 Å². The van der Waals surface area contributed by atoms with Gasteiger partial charge in [0.25, 0.3) is 0 Å². The van der Waals surface area contributed by atoms with Crippen LogP contribution < -0.4 is 9.80 Å². The van der Waals surface area contributed by atoms with Crippen LogP contribution in [0.15, 0.2) is 30.3 Å². The zero-order valence-corrected chi connectivity index (χ0v) is 17.3. The lowest BCUT2D eigenvalue weighted by atomic mass is 10.2. The Morgan fingerprint density at radius 3 is 2.30 bits per heavy atom. The van der Waals surface area contributed by atoms with Gasteiger partial charge in [-0.05, 0) is 24.6 Å². The van der Waals surface area contributed by atoms with Crippen molar-refractivity contribution < 1.29 is 8.42 Å². The maximum atomic E-state index is 12.7. The third-order valence-electron chi connectivity index (χ3n) is 4.49. The molecule has 1 aliphatic heterocycles. The van der Waals surface area contributed by atoms with Gasteiger partial charge in [0.05, 0.1) is 5.75 Å². The van der Waals surface area contributed by atoms with E-state index in [9.17, 15) is 8.42 Å². The first kappa shape index (κ1) is 19.9. The molecule has 7 nitrogen and oxygen atoms in total. The minimum absolute atomic E-state index is 0.0123. The summed E-state index contributed by atoms with van der Waals surface area (Å²) in [5.74, 6) is 2.37. The van der Waals surface area contributed by atoms with Crippen molar-refractivity contribution in [3.05, 3.63) is 46.7 Å². The topological polar surface area (TPSA) is 69.6 Å². The summed E-state index contributed by atoms with van der Waals surface area (Å²) in [6.07, 6.45) is 0. The van der Waals surface area contributed by atoms with Gasteiger partial charge in [0.1, 0.15) is 17.5 Å². The number of aromatic nitrogens is 2. The summed E-state index contributed by atoms with van der Waals surface area (Å²) >= 11 is 5.87. The Morgan fingerprint density at radius 2 is 1.70 bits per heavy atom. The number of sulfonamides is 1. The number of halogens is 1. The van der Waals surface area contributed by atoms with Crippen molar-refractivity contribution in [2.45, 2.75) is 12.7 Å². The summed E-state index contributed by atoms with van der Waals surface area (Å²) in [7, 11) is 0.513. The Hall–Kier alpha value is -1.90. The lowest BCUT2D eigenvalue weighted by Crippen LogP contribution is -2.49. The number of aryl methyl sites for hydroxylation is 1. The average Bonchev–Trinajstić information content (AvgIpc) is 2.63. The zero-order chi connectivity index (χ0) is 19.6. The zero-order valence-electron chi connectivity index (χ0n) is 15.8. The second kappa shape index (κ2) is 8.00. The van der Waals surface area contributed by atoms with E-state index in [2.05, 4.69) is 14.9 Å². The molecule has 146 valence electrons. The molecule has 0 unspecified atom stereocenters. The molecule has 0 radical (unpaired) electrons. The van der Waals surface area contributed by atoms with Crippen LogP contribution in [0.3, 0.4) is 0 Å². The monoisotopic (exact) mass is 409 g/mol. The average molecular weight is 410 g/mol. The second-order valence-electron chi connectivity index (χ2n) is 6.79. The van der Waals surface area contributed by atoms with Crippen molar-refractivity contribution in [3.8, 4) is 0 Å². The molecule has 3 rings (SSSR count). The molecule has 27 heavy (non-hydrogen) atoms. The van der Waals surface area contributed by atoms with Crippen LogP contribution in [0.2, 0.25) is 5.02 Å². The van der Waals surface area contributed by atoms with Crippen LogP contribution in [0.25, 0.3) is 0 Å². The summed E-state index contributed by atoms with van der Waals surface area (Å²) < 4.78 is 27.0. The van der Waals surface area contributed by atoms with Gasteiger partial charge in [-0.3, -0.25) is 0 Å². The van der Waals surface area contributed by atoms with Gasteiger partial charge in [-0.1, -0.05) is 23.7 Å². The molecule has 1 aromatic carbocycles. The number of nitrogens with zero attached hydrogens (tertiary/aromatic N) is 5. The third kappa shape index (κ3) is 4.88. The SMILES string of the molecule is Cc1nc(N(C)C)cc(N2CCN(S(=O)(=O)Cc3ccc(Cl)cc3)CC2)n1. The Bertz CT molecular complexity index is 894. The number of hydrogen-bond donors (Lipinski definition) is 0. The fourth-order valence-corrected chi connectivity index (χ4v) is 4.65. The van der Waals surface area contributed by atoms with Crippen molar-refractivity contribution in [3.63, 3.8) is 0 Å². The van der Waals surface area contributed by atoms with Crippen LogP contribution >= 0.6 is 11.6 Å². The van der Waals surface area contributed by atoms with Gasteiger partial charge in [-0.25, -0.2) is 18.4 Å². The molecule has 0 spiro atoms. The molecule has 0 saturated carbocycles. The van der Waals surface area contributed by atoms with Crippen LogP contribution in [0.1, 0.15) is 11.4 Å². The molecule has 1 saturated heterocycles. The van der Waals surface area contributed by atoms with Gasteiger partial charge in [0, 0.05) is 51.4 Å². The van der Waals surface area contributed by atoms with Crippen LogP contribution in [0, 0.1) is 6.92 Å². The van der Waals surface area contributed by atoms with Gasteiger partial charge in [0.15, 0.2) is 0 Å². The molecule has 1 aromatic heterocycles. The van der Waals surface area contributed by atoms with Crippen LogP contribution in [0.4, 0.5) is 11.6 Å². The van der Waals surface area contributed by atoms with Gasteiger partial charge < -0.3 is 9.80 Å². The van der Waals surface area contributed by atoms with E-state index in [0.717, 1.165) is 17.2 Å². The molecule has 0 amide bonds. The van der Waals surface area contributed by atoms with Crippen LogP contribution in [0.5, 0.6) is 0 Å². The molecule has 0 atom stereocenters. The molecule has 1 fully saturated rings. The van der Waals surface area contributed by atoms with E-state index < -0.39 is 10.0 Å². The molecule has 2 aromatic rings. The maximum absolute atomic E-state index is 12.7. The Kier molecular flexibility index (Phi) is 5.88. The molecular formula is C18H24ClN5O2S. The number of piperazine rings is 1. The quantitative estimate of drug-likeness (QED) is 0.753. The number of rotatable bonds is 5. The van der Waals surface area contributed by atoms with Gasteiger partial charge >= 0.3 is 0 Å². The number of benzene rings is 1. The van der Waals surface area contributed by atoms with Crippen molar-refractivity contribution in [2.75, 3.05) is 50.1 Å². The van der Waals surface area contributed by atoms with E-state index in [1.54, 1.807) is 28.6 Å². The van der Waals surface area contributed by atoms with Gasteiger partial charge in [0.2, 0.25) is 10.0 Å². The standard InChI is InChI=1S/C18H24ClN5O2S/c1-14-20-17(22(2)3)12-18(21-14)23-8-10-24(11-9-23)27(25,26)13-15-4-6-16(19)7-5-15/h4-7,12H,8-11,13H2,1-3H3. The number of anilines is 2. The Balaban J connectivity index is 1.67. The highest BCUT2D eigenvalue weighted by molar-refractivity contribution is 7.88. The Morgan fingerprint density at radius 1 is 1.07 bits per heavy atom. The van der Waals surface area contributed by atoms with E-state index in [1.807, 2.05) is 32.0 Å². The summed E-state index contributed by atoms with van der Waals surface area (Å²) in [5, 5.41) is 0.599. The smallest absolute Gasteiger partial charge is 0.218 e. The fraction of sp³-hybridized carbons (Fsp3) is 0.444. The van der Waals surface area contributed by atoms with Crippen molar-refractivity contribution in [1.29, 1.82) is 0 Å². The summed E-state index contributed by atoms with van der Waals surface area (Å²) in [6.45, 7) is 3.95. The van der Waals surface area contributed by atoms with Crippen molar-refractivity contribution in [2.24, 2.45) is 0 Å². The largest absolute Gasteiger partial charge is 0.363 e. The minimum atomic E-state index is -3.36. The summed E-state index contributed by atoms with van der Waals surface area (Å²) in [6, 6.07) is 8.87. The van der Waals surface area contributed by atoms with Crippen LogP contribution in [-0.4, -0.2) is 63.0 Å². The van der Waals surface area contributed by atoms with E-state index in [-0.39, 0.29) is 5.75 Å².